The van der Waals surface area contributed by atoms with E-state index in [0.717, 1.165) is 0 Å². The summed E-state index contributed by atoms with van der Waals surface area (Å²) in [6.45, 7) is 0. The Morgan fingerprint density at radius 1 is 1.42 bits per heavy atom. The van der Waals surface area contributed by atoms with Gasteiger partial charge in [-0.05, 0) is 6.07 Å². The fourth-order valence-corrected chi connectivity index (χ4v) is 0.989. The highest BCUT2D eigenvalue weighted by molar-refractivity contribution is 5.78. The van der Waals surface area contributed by atoms with Crippen molar-refractivity contribution in [3.8, 4) is 0 Å². The molecule has 2 aromatic heterocycles. The molecule has 0 aromatic carbocycles. The number of pyridine rings is 1. The zero-order valence-electron chi connectivity index (χ0n) is 6.11. The van der Waals surface area contributed by atoms with E-state index in [4.69, 9.17) is 5.73 Å². The van der Waals surface area contributed by atoms with Crippen LogP contribution in [0.2, 0.25) is 0 Å². The maximum absolute atomic E-state index is 11.1. The molecule has 2 heterocycles. The van der Waals surface area contributed by atoms with Gasteiger partial charge in [-0.2, -0.15) is 5.10 Å². The number of hydrogen-bond acceptors (Lipinski definition) is 4. The number of nitrogens with zero attached hydrogens (tertiary/aromatic N) is 2. The van der Waals surface area contributed by atoms with E-state index in [0.29, 0.717) is 16.6 Å². The SMILES string of the molecule is Nc1cnc2cn[nH]c(=O)c2c1. The van der Waals surface area contributed by atoms with Gasteiger partial charge in [-0.25, -0.2) is 5.10 Å². The summed E-state index contributed by atoms with van der Waals surface area (Å²) in [4.78, 5) is 15.1. The number of aromatic amines is 1. The first-order valence-corrected chi connectivity index (χ1v) is 3.36. The number of anilines is 1. The largest absolute Gasteiger partial charge is 0.397 e. The normalized spacial score (nSPS) is 10.3. The van der Waals surface area contributed by atoms with Crippen molar-refractivity contribution in [1.82, 2.24) is 15.2 Å². The second-order valence-electron chi connectivity index (χ2n) is 2.40. The average molecular weight is 162 g/mol. The molecule has 3 N–H and O–H groups in total. The van der Waals surface area contributed by atoms with Crippen LogP contribution in [-0.4, -0.2) is 15.2 Å². The Labute approximate surface area is 67.2 Å². The number of nitrogens with two attached hydrogens (primary N) is 1. The third-order valence-corrected chi connectivity index (χ3v) is 1.54. The standard InChI is InChI=1S/C7H6N4O/c8-4-1-5-6(9-2-4)3-10-11-7(5)12/h1-3H,8H2,(H,11,12). The molecule has 0 unspecified atom stereocenters. The van der Waals surface area contributed by atoms with Crippen molar-refractivity contribution in [2.75, 3.05) is 5.73 Å². The molecule has 0 bridgehead atoms. The number of nitrogens with one attached hydrogen (secondary N) is 1. The quantitative estimate of drug-likeness (QED) is 0.566. The molecule has 0 aliphatic carbocycles. The molecule has 5 heteroatoms. The van der Waals surface area contributed by atoms with Gasteiger partial charge in [0.05, 0.1) is 29.0 Å². The maximum Gasteiger partial charge on any atom is 0.273 e. The molecule has 0 saturated heterocycles. The Morgan fingerprint density at radius 2 is 2.25 bits per heavy atom. The highest BCUT2D eigenvalue weighted by Gasteiger charge is 1.98. The fraction of sp³-hybridized carbons (Fsp3) is 0. The molecule has 2 rings (SSSR count). The predicted molar refractivity (Wildman–Crippen MR) is 44.6 cm³/mol. The van der Waals surface area contributed by atoms with Gasteiger partial charge in [0.1, 0.15) is 0 Å². The van der Waals surface area contributed by atoms with Crippen LogP contribution in [0.4, 0.5) is 5.69 Å². The lowest BCUT2D eigenvalue weighted by molar-refractivity contribution is 1.01. The van der Waals surface area contributed by atoms with Gasteiger partial charge in [-0.1, -0.05) is 0 Å². The molecule has 0 saturated carbocycles. The summed E-state index contributed by atoms with van der Waals surface area (Å²) < 4.78 is 0. The van der Waals surface area contributed by atoms with Gasteiger partial charge in [-0.3, -0.25) is 9.78 Å². The molecule has 12 heavy (non-hydrogen) atoms. The Hall–Kier alpha value is -1.91. The van der Waals surface area contributed by atoms with Gasteiger partial charge in [0.15, 0.2) is 0 Å². The van der Waals surface area contributed by atoms with Crippen LogP contribution in [0, 0.1) is 0 Å². The molecule has 2 aromatic rings. The van der Waals surface area contributed by atoms with Crippen molar-refractivity contribution in [1.29, 1.82) is 0 Å². The zero-order valence-corrected chi connectivity index (χ0v) is 6.11. The van der Waals surface area contributed by atoms with Gasteiger partial charge in [0.2, 0.25) is 0 Å². The maximum atomic E-state index is 11.1. The van der Waals surface area contributed by atoms with Crippen LogP contribution < -0.4 is 11.3 Å². The summed E-state index contributed by atoms with van der Waals surface area (Å²) in [5.41, 5.74) is 6.21. The first-order chi connectivity index (χ1) is 5.77. The highest BCUT2D eigenvalue weighted by Crippen LogP contribution is 2.07. The van der Waals surface area contributed by atoms with E-state index in [2.05, 4.69) is 15.2 Å². The molecule has 60 valence electrons. The van der Waals surface area contributed by atoms with Crippen molar-refractivity contribution >= 4 is 16.6 Å². The lowest BCUT2D eigenvalue weighted by Crippen LogP contribution is -2.08. The van der Waals surface area contributed by atoms with E-state index in [9.17, 15) is 4.79 Å². The number of fused-ring (bicyclic) bond motifs is 1. The third-order valence-electron chi connectivity index (χ3n) is 1.54. The Morgan fingerprint density at radius 3 is 3.08 bits per heavy atom. The number of rotatable bonds is 0. The number of nitrogen functional groups attached to an aromatic ring is 1. The zero-order chi connectivity index (χ0) is 8.55. The number of H-pyrrole nitrogens is 1. The average Bonchev–Trinajstić information content (AvgIpc) is 2.07. The first-order valence-electron chi connectivity index (χ1n) is 3.36. The van der Waals surface area contributed by atoms with Crippen LogP contribution in [0.1, 0.15) is 0 Å². The van der Waals surface area contributed by atoms with Crippen molar-refractivity contribution in [2.24, 2.45) is 0 Å². The Kier molecular flexibility index (Phi) is 1.30. The van der Waals surface area contributed by atoms with Crippen molar-refractivity contribution in [2.45, 2.75) is 0 Å². The fourth-order valence-electron chi connectivity index (χ4n) is 0.989. The molecule has 0 aliphatic heterocycles. The van der Waals surface area contributed by atoms with Crippen LogP contribution in [0.3, 0.4) is 0 Å². The van der Waals surface area contributed by atoms with Gasteiger partial charge in [-0.15, -0.1) is 0 Å². The molecule has 5 nitrogen and oxygen atoms in total. The van der Waals surface area contributed by atoms with Crippen LogP contribution >= 0.6 is 0 Å². The summed E-state index contributed by atoms with van der Waals surface area (Å²) >= 11 is 0. The summed E-state index contributed by atoms with van der Waals surface area (Å²) in [5, 5.41) is 6.36. The number of aromatic nitrogens is 3. The highest BCUT2D eigenvalue weighted by atomic mass is 16.1. The molecular formula is C7H6N4O. The van der Waals surface area contributed by atoms with E-state index in [1.165, 1.54) is 12.4 Å². The second kappa shape index (κ2) is 2.30. The van der Waals surface area contributed by atoms with Crippen LogP contribution in [0.25, 0.3) is 10.9 Å². The van der Waals surface area contributed by atoms with Gasteiger partial charge in [0, 0.05) is 0 Å². The Balaban J connectivity index is 2.98. The lowest BCUT2D eigenvalue weighted by Gasteiger charge is -1.94. The first kappa shape index (κ1) is 6.78. The van der Waals surface area contributed by atoms with E-state index in [-0.39, 0.29) is 5.56 Å². The Bertz CT molecular complexity index is 476. The van der Waals surface area contributed by atoms with E-state index < -0.39 is 0 Å². The van der Waals surface area contributed by atoms with Crippen LogP contribution in [0.15, 0.2) is 23.3 Å². The van der Waals surface area contributed by atoms with Crippen LogP contribution in [0.5, 0.6) is 0 Å². The summed E-state index contributed by atoms with van der Waals surface area (Å²) in [6, 6.07) is 1.57. The van der Waals surface area contributed by atoms with Crippen molar-refractivity contribution < 1.29 is 0 Å². The van der Waals surface area contributed by atoms with Crippen LogP contribution in [-0.2, 0) is 0 Å². The summed E-state index contributed by atoms with van der Waals surface area (Å²) in [7, 11) is 0. The van der Waals surface area contributed by atoms with E-state index in [1.807, 2.05) is 0 Å². The van der Waals surface area contributed by atoms with Gasteiger partial charge < -0.3 is 5.73 Å². The molecule has 0 atom stereocenters. The summed E-state index contributed by atoms with van der Waals surface area (Å²) in [5.74, 6) is 0. The van der Waals surface area contributed by atoms with E-state index in [1.54, 1.807) is 6.07 Å². The number of hydrogen-bond donors (Lipinski definition) is 2. The predicted octanol–water partition coefficient (Wildman–Crippen LogP) is -0.0997. The monoisotopic (exact) mass is 162 g/mol. The molecule has 0 aliphatic rings. The minimum Gasteiger partial charge on any atom is -0.397 e. The molecule has 0 radical (unpaired) electrons. The minimum atomic E-state index is -0.271. The molecule has 0 amide bonds. The molecular weight excluding hydrogens is 156 g/mol. The molecule has 0 spiro atoms. The minimum absolute atomic E-state index is 0.271. The summed E-state index contributed by atoms with van der Waals surface area (Å²) in [6.07, 6.45) is 2.97. The van der Waals surface area contributed by atoms with E-state index >= 15 is 0 Å². The van der Waals surface area contributed by atoms with Gasteiger partial charge in [0.25, 0.3) is 5.56 Å². The topological polar surface area (TPSA) is 84.7 Å². The van der Waals surface area contributed by atoms with Crippen molar-refractivity contribution in [3.63, 3.8) is 0 Å². The van der Waals surface area contributed by atoms with Crippen molar-refractivity contribution in [3.05, 3.63) is 28.8 Å². The lowest BCUT2D eigenvalue weighted by atomic mass is 10.3. The third kappa shape index (κ3) is 0.914. The second-order valence-corrected chi connectivity index (χ2v) is 2.40. The van der Waals surface area contributed by atoms with Gasteiger partial charge >= 0.3 is 0 Å². The molecule has 0 fully saturated rings. The smallest absolute Gasteiger partial charge is 0.273 e.